The third kappa shape index (κ3) is 5.70. The molecule has 196 valence electrons. The molecule has 0 bridgehead atoms. The van der Waals surface area contributed by atoms with E-state index in [2.05, 4.69) is 10.1 Å². The number of aliphatic hydroxyl groups is 2. The van der Waals surface area contributed by atoms with Crippen molar-refractivity contribution in [2.45, 2.75) is 38.4 Å². The highest BCUT2D eigenvalue weighted by Crippen LogP contribution is 2.30. The molecule has 0 saturated carbocycles. The van der Waals surface area contributed by atoms with Gasteiger partial charge in [0.2, 0.25) is 0 Å². The van der Waals surface area contributed by atoms with E-state index in [1.165, 1.54) is 42.1 Å². The third-order valence-electron chi connectivity index (χ3n) is 5.43. The van der Waals surface area contributed by atoms with Crippen LogP contribution in [0.3, 0.4) is 0 Å². The van der Waals surface area contributed by atoms with Gasteiger partial charge in [-0.1, -0.05) is 53.0 Å². The molecular weight excluding hydrogens is 558 g/mol. The highest BCUT2D eigenvalue weighted by atomic mass is 35.5. The number of hydrogen-bond donors (Lipinski definition) is 2. The van der Waals surface area contributed by atoms with E-state index in [-0.39, 0.29) is 39.6 Å². The van der Waals surface area contributed by atoms with Gasteiger partial charge in [-0.3, -0.25) is 9.13 Å². The maximum absolute atomic E-state index is 13.2. The molecule has 2 N–H and O–H groups in total. The second-order valence-electron chi connectivity index (χ2n) is 8.14. The Labute approximate surface area is 223 Å². The summed E-state index contributed by atoms with van der Waals surface area (Å²) in [5.41, 5.74) is -0.0468. The molecule has 0 fully saturated rings. The van der Waals surface area contributed by atoms with Gasteiger partial charge in [0, 0.05) is 11.2 Å². The van der Waals surface area contributed by atoms with E-state index in [9.17, 15) is 28.2 Å². The SMILES string of the molecule is C[C@H](O)c1nc(Cn2cc(-c3ccc(Cl)cc3)n(CC(O)C(F)(F)F)c2=O)nn1-c1c(Cl)cccc1Cl. The summed E-state index contributed by atoms with van der Waals surface area (Å²) in [5, 5.41) is 25.1. The third-order valence-corrected chi connectivity index (χ3v) is 6.29. The van der Waals surface area contributed by atoms with Crippen molar-refractivity contribution in [3.8, 4) is 16.9 Å². The second-order valence-corrected chi connectivity index (χ2v) is 9.39. The fourth-order valence-corrected chi connectivity index (χ4v) is 4.35. The van der Waals surface area contributed by atoms with Crippen molar-refractivity contribution in [3.63, 3.8) is 0 Å². The number of benzene rings is 2. The van der Waals surface area contributed by atoms with Crippen LogP contribution in [0.5, 0.6) is 0 Å². The Morgan fingerprint density at radius 3 is 2.22 bits per heavy atom. The molecule has 0 aliphatic heterocycles. The molecule has 4 aromatic rings. The second kappa shape index (κ2) is 10.5. The zero-order valence-electron chi connectivity index (χ0n) is 19.0. The lowest BCUT2D eigenvalue weighted by Gasteiger charge is -2.16. The van der Waals surface area contributed by atoms with Gasteiger partial charge in [-0.05, 0) is 36.8 Å². The fraction of sp³-hybridized carbons (Fsp3) is 0.261. The number of nitrogens with zero attached hydrogens (tertiary/aromatic N) is 5. The topological polar surface area (TPSA) is 98.1 Å². The van der Waals surface area contributed by atoms with E-state index < -0.39 is 30.6 Å². The van der Waals surface area contributed by atoms with Gasteiger partial charge in [0.15, 0.2) is 17.8 Å². The molecule has 4 rings (SSSR count). The van der Waals surface area contributed by atoms with Crippen LogP contribution in [0.2, 0.25) is 15.1 Å². The zero-order chi connectivity index (χ0) is 27.1. The molecule has 2 aromatic carbocycles. The van der Waals surface area contributed by atoms with Crippen LogP contribution in [0.25, 0.3) is 16.9 Å². The summed E-state index contributed by atoms with van der Waals surface area (Å²) in [6.45, 7) is 0.168. The predicted octanol–water partition coefficient (Wildman–Crippen LogP) is 4.88. The largest absolute Gasteiger partial charge is 0.416 e. The van der Waals surface area contributed by atoms with Gasteiger partial charge < -0.3 is 10.2 Å². The maximum Gasteiger partial charge on any atom is 0.416 e. The molecule has 37 heavy (non-hydrogen) atoms. The van der Waals surface area contributed by atoms with Gasteiger partial charge >= 0.3 is 11.9 Å². The van der Waals surface area contributed by atoms with Crippen LogP contribution in [0.1, 0.15) is 24.7 Å². The number of para-hydroxylation sites is 1. The zero-order valence-corrected chi connectivity index (χ0v) is 21.3. The van der Waals surface area contributed by atoms with Crippen molar-refractivity contribution in [1.29, 1.82) is 0 Å². The molecule has 0 saturated heterocycles. The smallest absolute Gasteiger partial charge is 0.385 e. The van der Waals surface area contributed by atoms with E-state index in [4.69, 9.17) is 34.8 Å². The van der Waals surface area contributed by atoms with E-state index in [0.29, 0.717) is 10.6 Å². The van der Waals surface area contributed by atoms with Crippen LogP contribution in [0, 0.1) is 0 Å². The van der Waals surface area contributed by atoms with Crippen molar-refractivity contribution < 1.29 is 23.4 Å². The van der Waals surface area contributed by atoms with E-state index in [1.54, 1.807) is 18.2 Å². The first-order chi connectivity index (χ1) is 17.4. The Morgan fingerprint density at radius 2 is 1.65 bits per heavy atom. The lowest BCUT2D eigenvalue weighted by atomic mass is 10.1. The monoisotopic (exact) mass is 575 g/mol. The number of imidazole rings is 1. The van der Waals surface area contributed by atoms with E-state index in [0.717, 1.165) is 9.13 Å². The lowest BCUT2D eigenvalue weighted by Crippen LogP contribution is -2.37. The van der Waals surface area contributed by atoms with Gasteiger partial charge in [0.1, 0.15) is 11.8 Å². The van der Waals surface area contributed by atoms with Gasteiger partial charge in [-0.2, -0.15) is 13.2 Å². The molecule has 0 aliphatic carbocycles. The Bertz CT molecular complexity index is 1460. The molecule has 2 aromatic heterocycles. The summed E-state index contributed by atoms with van der Waals surface area (Å²) in [5.74, 6) is 0.146. The number of hydrogen-bond acceptors (Lipinski definition) is 5. The summed E-state index contributed by atoms with van der Waals surface area (Å²) in [4.78, 5) is 17.5. The fourth-order valence-electron chi connectivity index (χ4n) is 3.66. The summed E-state index contributed by atoms with van der Waals surface area (Å²) >= 11 is 18.5. The molecule has 0 spiro atoms. The predicted molar refractivity (Wildman–Crippen MR) is 132 cm³/mol. The molecule has 14 heteroatoms. The summed E-state index contributed by atoms with van der Waals surface area (Å²) in [7, 11) is 0. The minimum absolute atomic E-state index is 0.0603. The van der Waals surface area contributed by atoms with Crippen molar-refractivity contribution in [2.24, 2.45) is 0 Å². The Balaban J connectivity index is 1.79. The number of rotatable bonds is 7. The molecule has 8 nitrogen and oxygen atoms in total. The maximum atomic E-state index is 13.2. The van der Waals surface area contributed by atoms with Crippen molar-refractivity contribution >= 4 is 34.8 Å². The molecule has 0 radical (unpaired) electrons. The van der Waals surface area contributed by atoms with Gasteiger partial charge in [0.05, 0.1) is 28.8 Å². The molecule has 1 unspecified atom stereocenters. The molecular formula is C23H19Cl3F3N5O3. The minimum atomic E-state index is -4.93. The molecule has 2 atom stereocenters. The minimum Gasteiger partial charge on any atom is -0.385 e. The first-order valence-electron chi connectivity index (χ1n) is 10.8. The van der Waals surface area contributed by atoms with Crippen LogP contribution in [-0.2, 0) is 13.1 Å². The van der Waals surface area contributed by atoms with Gasteiger partial charge in [0.25, 0.3) is 0 Å². The van der Waals surface area contributed by atoms with Crippen molar-refractivity contribution in [1.82, 2.24) is 23.9 Å². The van der Waals surface area contributed by atoms with Crippen molar-refractivity contribution in [3.05, 3.63) is 85.9 Å². The number of aliphatic hydroxyl groups excluding tert-OH is 2. The number of aromatic nitrogens is 5. The van der Waals surface area contributed by atoms with Crippen molar-refractivity contribution in [2.75, 3.05) is 0 Å². The van der Waals surface area contributed by atoms with Crippen LogP contribution in [-0.4, -0.2) is 46.4 Å². The standard InChI is InChI=1S/C23H19Cl3F3N5O3/c1-12(35)21-30-19(31-34(21)20-15(25)3-2-4-16(20)26)11-32-9-17(13-5-7-14(24)8-6-13)33(22(32)37)10-18(36)23(27,28)29/h2-9,12,18,35-36H,10-11H2,1H3/t12-,18?/m0/s1. The van der Waals surface area contributed by atoms with Crippen LogP contribution < -0.4 is 5.69 Å². The summed E-state index contributed by atoms with van der Waals surface area (Å²) < 4.78 is 42.5. The Kier molecular flexibility index (Phi) is 7.72. The van der Waals surface area contributed by atoms with E-state index >= 15 is 0 Å². The van der Waals surface area contributed by atoms with E-state index in [1.807, 2.05) is 0 Å². The molecule has 0 aliphatic rings. The average Bonchev–Trinajstić information content (AvgIpc) is 3.36. The van der Waals surface area contributed by atoms with Crippen LogP contribution in [0.4, 0.5) is 13.2 Å². The summed E-state index contributed by atoms with van der Waals surface area (Å²) in [6, 6.07) is 10.9. The molecule has 2 heterocycles. The number of alkyl halides is 3. The molecule has 0 amide bonds. The van der Waals surface area contributed by atoms with Gasteiger partial charge in [-0.25, -0.2) is 14.5 Å². The highest BCUT2D eigenvalue weighted by Gasteiger charge is 2.39. The highest BCUT2D eigenvalue weighted by molar-refractivity contribution is 6.37. The first kappa shape index (κ1) is 27.2. The average molecular weight is 577 g/mol. The first-order valence-corrected chi connectivity index (χ1v) is 11.9. The quantitative estimate of drug-likeness (QED) is 0.327. The van der Waals surface area contributed by atoms with Crippen LogP contribution >= 0.6 is 34.8 Å². The summed E-state index contributed by atoms with van der Waals surface area (Å²) in [6.07, 6.45) is -7.46. The lowest BCUT2D eigenvalue weighted by molar-refractivity contribution is -0.207. The Hall–Kier alpha value is -2.83. The number of halogens is 6. The van der Waals surface area contributed by atoms with Gasteiger partial charge in [-0.15, -0.1) is 5.10 Å². The Morgan fingerprint density at radius 1 is 1.03 bits per heavy atom. The van der Waals surface area contributed by atoms with Crippen LogP contribution in [0.15, 0.2) is 53.5 Å². The normalized spacial score (nSPS) is 13.6.